The highest BCUT2D eigenvalue weighted by Crippen LogP contribution is 2.06. The van der Waals surface area contributed by atoms with Crippen LogP contribution >= 0.6 is 0 Å². The summed E-state index contributed by atoms with van der Waals surface area (Å²) in [6, 6.07) is 3.51. The quantitative estimate of drug-likeness (QED) is 0.474. The molecule has 0 aliphatic carbocycles. The molecule has 0 rings (SSSR count). The highest BCUT2D eigenvalue weighted by molar-refractivity contribution is 7.89. The Morgan fingerprint density at radius 1 is 1.06 bits per heavy atom. The summed E-state index contributed by atoms with van der Waals surface area (Å²) in [7, 11) is -3.44. The van der Waals surface area contributed by atoms with Gasteiger partial charge in [-0.3, -0.25) is 0 Å². The van der Waals surface area contributed by atoms with E-state index in [1.807, 2.05) is 6.92 Å². The molecule has 0 aromatic carbocycles. The second-order valence-electron chi connectivity index (χ2n) is 3.46. The van der Waals surface area contributed by atoms with E-state index in [0.717, 1.165) is 23.6 Å². The minimum Gasteiger partial charge on any atom is -0.212 e. The average Bonchev–Trinajstić information content (AvgIpc) is 2.24. The van der Waals surface area contributed by atoms with Crippen molar-refractivity contribution in [1.29, 1.82) is 10.5 Å². The first kappa shape index (κ1) is 14.9. The van der Waals surface area contributed by atoms with Crippen molar-refractivity contribution >= 4 is 10.0 Å². The molecular formula is C10H17N3O2S. The third-order valence-corrected chi connectivity index (χ3v) is 3.99. The van der Waals surface area contributed by atoms with Crippen molar-refractivity contribution in [1.82, 2.24) is 4.31 Å². The fourth-order valence-electron chi connectivity index (χ4n) is 1.25. The number of nitrogens with zero attached hydrogens (tertiary/aromatic N) is 3. The lowest BCUT2D eigenvalue weighted by molar-refractivity contribution is 0.476. The molecule has 6 heteroatoms. The van der Waals surface area contributed by atoms with Crippen LogP contribution in [0.15, 0.2) is 0 Å². The van der Waals surface area contributed by atoms with Gasteiger partial charge in [-0.25, -0.2) is 8.42 Å². The molecule has 0 amide bonds. The lowest BCUT2D eigenvalue weighted by Crippen LogP contribution is -2.33. The number of unbranched alkanes of at least 4 members (excludes halogenated alkanes) is 3. The Morgan fingerprint density at radius 2 is 1.62 bits per heavy atom. The normalized spacial score (nSPS) is 11.0. The first-order valence-corrected chi connectivity index (χ1v) is 6.91. The topological polar surface area (TPSA) is 85.0 Å². The van der Waals surface area contributed by atoms with Crippen molar-refractivity contribution in [2.75, 3.05) is 18.8 Å². The van der Waals surface area contributed by atoms with Crippen molar-refractivity contribution in [3.63, 3.8) is 0 Å². The maximum atomic E-state index is 11.7. The Morgan fingerprint density at radius 3 is 2.06 bits per heavy atom. The molecule has 90 valence electrons. The zero-order valence-electron chi connectivity index (χ0n) is 9.52. The first-order valence-electron chi connectivity index (χ1n) is 5.30. The molecule has 0 N–H and O–H groups in total. The van der Waals surface area contributed by atoms with Gasteiger partial charge in [0.15, 0.2) is 0 Å². The molecule has 0 aliphatic heterocycles. The number of nitriles is 2. The fraction of sp³-hybridized carbons (Fsp3) is 0.800. The molecule has 0 aromatic rings. The lowest BCUT2D eigenvalue weighted by Gasteiger charge is -2.15. The van der Waals surface area contributed by atoms with Crippen molar-refractivity contribution in [3.05, 3.63) is 0 Å². The SMILES string of the molecule is CCCCCCS(=O)(=O)N(CC#N)CC#N. The van der Waals surface area contributed by atoms with Gasteiger partial charge >= 0.3 is 0 Å². The highest BCUT2D eigenvalue weighted by Gasteiger charge is 2.20. The summed E-state index contributed by atoms with van der Waals surface area (Å²) in [5, 5.41) is 16.9. The van der Waals surface area contributed by atoms with E-state index in [-0.39, 0.29) is 18.8 Å². The molecule has 0 aromatic heterocycles. The number of rotatable bonds is 8. The van der Waals surface area contributed by atoms with Crippen LogP contribution in [0.3, 0.4) is 0 Å². The molecule has 0 bridgehead atoms. The highest BCUT2D eigenvalue weighted by atomic mass is 32.2. The Hall–Kier alpha value is -1.11. The first-order chi connectivity index (χ1) is 7.58. The van der Waals surface area contributed by atoms with Crippen molar-refractivity contribution in [2.24, 2.45) is 0 Å². The molecule has 0 heterocycles. The number of hydrogen-bond acceptors (Lipinski definition) is 4. The molecule has 16 heavy (non-hydrogen) atoms. The summed E-state index contributed by atoms with van der Waals surface area (Å²) in [6.07, 6.45) is 3.50. The van der Waals surface area contributed by atoms with E-state index in [0.29, 0.717) is 6.42 Å². The minimum absolute atomic E-state index is 0.0242. The maximum absolute atomic E-state index is 11.7. The predicted octanol–water partition coefficient (Wildman–Crippen LogP) is 1.25. The van der Waals surface area contributed by atoms with E-state index >= 15 is 0 Å². The fourth-order valence-corrected chi connectivity index (χ4v) is 2.59. The summed E-state index contributed by atoms with van der Waals surface area (Å²) >= 11 is 0. The van der Waals surface area contributed by atoms with Gasteiger partial charge in [0.1, 0.15) is 13.1 Å². The standard InChI is InChI=1S/C10H17N3O2S/c1-2-3-4-5-10-16(14,15)13(8-6-11)9-7-12/h2-5,8-10H2,1H3. The second-order valence-corrected chi connectivity index (χ2v) is 5.55. The van der Waals surface area contributed by atoms with E-state index in [1.165, 1.54) is 0 Å². The van der Waals surface area contributed by atoms with Gasteiger partial charge < -0.3 is 0 Å². The molecule has 0 radical (unpaired) electrons. The molecule has 0 saturated heterocycles. The van der Waals surface area contributed by atoms with Gasteiger partial charge in [-0.05, 0) is 6.42 Å². The van der Waals surface area contributed by atoms with Crippen LogP contribution in [0, 0.1) is 22.7 Å². The van der Waals surface area contributed by atoms with Gasteiger partial charge in [0.25, 0.3) is 0 Å². The maximum Gasteiger partial charge on any atom is 0.215 e. The third kappa shape index (κ3) is 5.69. The molecule has 0 unspecified atom stereocenters. The van der Waals surface area contributed by atoms with E-state index in [1.54, 1.807) is 12.1 Å². The van der Waals surface area contributed by atoms with Crippen molar-refractivity contribution < 1.29 is 8.42 Å². The Balaban J connectivity index is 4.27. The second kappa shape index (κ2) is 8.09. The van der Waals surface area contributed by atoms with Gasteiger partial charge in [-0.1, -0.05) is 26.2 Å². The molecule has 5 nitrogen and oxygen atoms in total. The number of sulfonamides is 1. The Kier molecular flexibility index (Phi) is 7.53. The largest absolute Gasteiger partial charge is 0.215 e. The minimum atomic E-state index is -3.44. The molecule has 0 spiro atoms. The van der Waals surface area contributed by atoms with Crippen LogP contribution in [0.25, 0.3) is 0 Å². The van der Waals surface area contributed by atoms with E-state index in [2.05, 4.69) is 0 Å². The van der Waals surface area contributed by atoms with Crippen LogP contribution in [0.2, 0.25) is 0 Å². The van der Waals surface area contributed by atoms with Gasteiger partial charge in [0.2, 0.25) is 10.0 Å². The summed E-state index contributed by atoms with van der Waals surface area (Å²) in [4.78, 5) is 0. The summed E-state index contributed by atoms with van der Waals surface area (Å²) in [6.45, 7) is 1.56. The molecule has 0 atom stereocenters. The Bertz CT molecular complexity index is 349. The van der Waals surface area contributed by atoms with E-state index in [9.17, 15) is 8.42 Å². The van der Waals surface area contributed by atoms with Crippen LogP contribution in [0.5, 0.6) is 0 Å². The van der Waals surface area contributed by atoms with Gasteiger partial charge in [0.05, 0.1) is 17.9 Å². The zero-order valence-corrected chi connectivity index (χ0v) is 10.3. The van der Waals surface area contributed by atoms with Crippen molar-refractivity contribution in [2.45, 2.75) is 32.6 Å². The lowest BCUT2D eigenvalue weighted by atomic mass is 10.2. The third-order valence-electron chi connectivity index (χ3n) is 2.14. The summed E-state index contributed by atoms with van der Waals surface area (Å²) in [5.41, 5.74) is 0. The van der Waals surface area contributed by atoms with Crippen LogP contribution < -0.4 is 0 Å². The van der Waals surface area contributed by atoms with Gasteiger partial charge in [-0.2, -0.15) is 14.8 Å². The average molecular weight is 243 g/mol. The predicted molar refractivity (Wildman–Crippen MR) is 60.7 cm³/mol. The van der Waals surface area contributed by atoms with Crippen LogP contribution in [-0.4, -0.2) is 31.6 Å². The molecule has 0 fully saturated rings. The van der Waals surface area contributed by atoms with E-state index < -0.39 is 10.0 Å². The van der Waals surface area contributed by atoms with Crippen LogP contribution in [0.1, 0.15) is 32.6 Å². The van der Waals surface area contributed by atoms with Gasteiger partial charge in [-0.15, -0.1) is 0 Å². The van der Waals surface area contributed by atoms with Gasteiger partial charge in [0, 0.05) is 0 Å². The van der Waals surface area contributed by atoms with E-state index in [4.69, 9.17) is 10.5 Å². The summed E-state index contributed by atoms with van der Waals surface area (Å²) < 4.78 is 24.3. The molecule has 0 aliphatic rings. The van der Waals surface area contributed by atoms with Crippen molar-refractivity contribution in [3.8, 4) is 12.1 Å². The Labute approximate surface area is 97.3 Å². The molecule has 0 saturated carbocycles. The molecular weight excluding hydrogens is 226 g/mol. The smallest absolute Gasteiger partial charge is 0.212 e. The zero-order chi connectivity index (χ0) is 12.4. The number of hydrogen-bond donors (Lipinski definition) is 0. The summed E-state index contributed by atoms with van der Waals surface area (Å²) in [5.74, 6) is 0.0242. The van der Waals surface area contributed by atoms with Crippen LogP contribution in [-0.2, 0) is 10.0 Å². The monoisotopic (exact) mass is 243 g/mol. The van der Waals surface area contributed by atoms with Crippen LogP contribution in [0.4, 0.5) is 0 Å².